The molecule has 9 nitrogen and oxygen atoms in total. The van der Waals surface area contributed by atoms with Crippen molar-refractivity contribution in [3.63, 3.8) is 0 Å². The number of ether oxygens (including phenoxy) is 2. The summed E-state index contributed by atoms with van der Waals surface area (Å²) in [5, 5.41) is 3.80. The normalized spacial score (nSPS) is 11.0. The van der Waals surface area contributed by atoms with Crippen molar-refractivity contribution in [2.75, 3.05) is 0 Å². The second kappa shape index (κ2) is 15.3. The van der Waals surface area contributed by atoms with Gasteiger partial charge in [0.15, 0.2) is 0 Å². The first kappa shape index (κ1) is 35.8. The maximum Gasteiger partial charge on any atom is 2.00 e. The van der Waals surface area contributed by atoms with Gasteiger partial charge in [-0.3, -0.25) is 9.97 Å². The summed E-state index contributed by atoms with van der Waals surface area (Å²) in [4.78, 5) is 27.4. The van der Waals surface area contributed by atoms with Gasteiger partial charge in [0.1, 0.15) is 11.3 Å². The molecule has 0 unspecified atom stereocenters. The van der Waals surface area contributed by atoms with E-state index in [0.29, 0.717) is 40.2 Å². The molecule has 0 radical (unpaired) electrons. The summed E-state index contributed by atoms with van der Waals surface area (Å²) in [7, 11) is 0. The van der Waals surface area contributed by atoms with E-state index in [1.807, 2.05) is 114 Å². The maximum atomic E-state index is 6.34. The zero-order valence-electron chi connectivity index (χ0n) is 28.4. The number of fused-ring (bicyclic) bond motifs is 5. The molecule has 0 amide bonds. The summed E-state index contributed by atoms with van der Waals surface area (Å²) in [5.41, 5.74) is 5.88. The molecule has 6 aromatic heterocycles. The zero-order valence-corrected chi connectivity index (χ0v) is 32.2. The largest absolute Gasteiger partial charge is 2.00 e. The molecular weight excluding hydrogens is 960 g/mol. The Morgan fingerprint density at radius 2 is 0.909 bits per heavy atom. The number of hydrogen-bond acceptors (Lipinski definition) is 8. The molecule has 55 heavy (non-hydrogen) atoms. The van der Waals surface area contributed by atoms with Crippen LogP contribution in [0.2, 0.25) is 0 Å². The monoisotopic (exact) mass is 982 g/mol. The number of benzene rings is 4. The van der Waals surface area contributed by atoms with Gasteiger partial charge >= 0.3 is 41.5 Å². The predicted octanol–water partition coefficient (Wildman–Crippen LogP) is 9.57. The summed E-state index contributed by atoms with van der Waals surface area (Å²) in [6.07, 6.45) is 6.88. The molecule has 0 fully saturated rings. The molecule has 0 saturated heterocycles. The van der Waals surface area contributed by atoms with Gasteiger partial charge in [-0.25, -0.2) is 19.9 Å². The topological polar surface area (TPSA) is 101 Å². The van der Waals surface area contributed by atoms with E-state index in [4.69, 9.17) is 19.4 Å². The van der Waals surface area contributed by atoms with Crippen molar-refractivity contribution >= 4 is 43.9 Å². The van der Waals surface area contributed by atoms with Gasteiger partial charge in [0.05, 0.1) is 0 Å². The van der Waals surface area contributed by atoms with E-state index in [1.165, 1.54) is 0 Å². The quantitative estimate of drug-likeness (QED) is 0.115. The van der Waals surface area contributed by atoms with E-state index in [1.54, 1.807) is 30.9 Å². The molecular formula is C44H23N7O2PdPt. The summed E-state index contributed by atoms with van der Waals surface area (Å²) < 4.78 is 14.6. The minimum Gasteiger partial charge on any atom is -0.503 e. The minimum atomic E-state index is 0. The first-order valence-electron chi connectivity index (χ1n) is 16.8. The molecule has 10 rings (SSSR count). The Labute approximate surface area is 343 Å². The van der Waals surface area contributed by atoms with E-state index in [0.717, 1.165) is 55.1 Å². The average molecular weight is 983 g/mol. The first-order chi connectivity index (χ1) is 26.2. The summed E-state index contributed by atoms with van der Waals surface area (Å²) in [5.74, 6) is 2.51. The second-order valence-corrected chi connectivity index (χ2v) is 12.1. The fourth-order valence-corrected chi connectivity index (χ4v) is 6.31. The third-order valence-corrected chi connectivity index (χ3v) is 8.74. The summed E-state index contributed by atoms with van der Waals surface area (Å²) in [6.45, 7) is 0. The molecule has 10 aromatic rings. The number of rotatable bonds is 7. The second-order valence-electron chi connectivity index (χ2n) is 12.1. The van der Waals surface area contributed by atoms with Crippen LogP contribution >= 0.6 is 0 Å². The molecule has 0 saturated carbocycles. The molecule has 6 heterocycles. The molecule has 0 bridgehead atoms. The van der Waals surface area contributed by atoms with Crippen molar-refractivity contribution in [3.8, 4) is 51.5 Å². The van der Waals surface area contributed by atoms with Crippen LogP contribution in [-0.4, -0.2) is 34.5 Å². The molecule has 11 heteroatoms. The summed E-state index contributed by atoms with van der Waals surface area (Å²) in [6, 6.07) is 50.3. The Hall–Kier alpha value is -6.17. The van der Waals surface area contributed by atoms with E-state index < -0.39 is 0 Å². The minimum absolute atomic E-state index is 0. The van der Waals surface area contributed by atoms with E-state index in [9.17, 15) is 0 Å². The molecule has 0 aliphatic rings. The van der Waals surface area contributed by atoms with Gasteiger partial charge in [-0.2, -0.15) is 22.9 Å². The van der Waals surface area contributed by atoms with Gasteiger partial charge in [-0.1, -0.05) is 47.4 Å². The fraction of sp³-hybridized carbons (Fsp3) is 0. The Kier molecular flexibility index (Phi) is 9.96. The van der Waals surface area contributed by atoms with Crippen molar-refractivity contribution in [1.29, 1.82) is 0 Å². The Bertz CT molecular complexity index is 2810. The van der Waals surface area contributed by atoms with E-state index in [-0.39, 0.29) is 41.5 Å². The molecule has 4 aromatic carbocycles. The molecule has 0 spiro atoms. The van der Waals surface area contributed by atoms with Crippen LogP contribution in [0.3, 0.4) is 0 Å². The Morgan fingerprint density at radius 3 is 1.42 bits per heavy atom. The van der Waals surface area contributed by atoms with Gasteiger partial charge in [0.2, 0.25) is 5.95 Å². The number of aromatic nitrogens is 7. The summed E-state index contributed by atoms with van der Waals surface area (Å²) >= 11 is 0. The molecule has 0 atom stereocenters. The van der Waals surface area contributed by atoms with Crippen molar-refractivity contribution in [1.82, 2.24) is 34.5 Å². The van der Waals surface area contributed by atoms with Gasteiger partial charge in [0.25, 0.3) is 0 Å². The van der Waals surface area contributed by atoms with Crippen LogP contribution in [-0.2, 0) is 41.5 Å². The Morgan fingerprint density at radius 1 is 0.436 bits per heavy atom. The van der Waals surface area contributed by atoms with Gasteiger partial charge in [-0.15, -0.1) is 71.8 Å². The molecule has 266 valence electrons. The van der Waals surface area contributed by atoms with Crippen LogP contribution in [0, 0.1) is 24.3 Å². The van der Waals surface area contributed by atoms with Crippen molar-refractivity contribution in [3.05, 3.63) is 164 Å². The van der Waals surface area contributed by atoms with Crippen molar-refractivity contribution < 1.29 is 51.0 Å². The third-order valence-electron chi connectivity index (χ3n) is 8.74. The van der Waals surface area contributed by atoms with Crippen LogP contribution < -0.4 is 9.47 Å². The molecule has 0 N–H and O–H groups in total. The van der Waals surface area contributed by atoms with Gasteiger partial charge in [-0.05, 0) is 41.7 Å². The Balaban J connectivity index is 0.00000214. The third kappa shape index (κ3) is 7.00. The average Bonchev–Trinajstić information content (AvgIpc) is 3.53. The van der Waals surface area contributed by atoms with Gasteiger partial charge in [0, 0.05) is 58.6 Å². The van der Waals surface area contributed by atoms with Crippen LogP contribution in [0.15, 0.2) is 140 Å². The van der Waals surface area contributed by atoms with Crippen molar-refractivity contribution in [2.24, 2.45) is 0 Å². The van der Waals surface area contributed by atoms with Crippen molar-refractivity contribution in [2.45, 2.75) is 0 Å². The number of nitrogens with zero attached hydrogens (tertiary/aromatic N) is 7. The van der Waals surface area contributed by atoms with E-state index in [2.05, 4.69) is 44.2 Å². The standard InChI is InChI=1S/C44H23N7O2.Pd.Pt/c1-6-30(38-18-12-28-8-3-20-45-42(28)49-38)24-32(10-1)52-34-14-16-36-37-17-15-35(27-41(37)51(40(36)26-34)44-47-22-5-23-48-44)53-33-11-2-7-31(25-33)39-19-13-29-9-4-21-46-43(29)50-39;;/h1-23H;;/q-4;2*+2. The van der Waals surface area contributed by atoms with E-state index >= 15 is 0 Å². The SMILES string of the molecule is [Pd+2].[Pt+2].[c-]1c(Oc2[c-]c3c(cc2)c2ccc(Oc4[c-]c(-c5ccc6cccnc6n5)ccc4)[c-]c2n3-c2ncccn2)cccc1-c1ccc2cccnc2n1. The first-order valence-corrected chi connectivity index (χ1v) is 16.8. The van der Waals surface area contributed by atoms with Crippen LogP contribution in [0.5, 0.6) is 23.0 Å². The zero-order chi connectivity index (χ0) is 35.1. The number of hydrogen-bond donors (Lipinski definition) is 0. The smallest absolute Gasteiger partial charge is 0.503 e. The van der Waals surface area contributed by atoms with Gasteiger partial charge < -0.3 is 14.0 Å². The molecule has 0 aliphatic heterocycles. The maximum absolute atomic E-state index is 6.34. The predicted molar refractivity (Wildman–Crippen MR) is 202 cm³/mol. The fourth-order valence-electron chi connectivity index (χ4n) is 6.31. The molecule has 0 aliphatic carbocycles. The number of pyridine rings is 4. The van der Waals surface area contributed by atoms with Crippen LogP contribution in [0.25, 0.3) is 72.3 Å². The van der Waals surface area contributed by atoms with Crippen LogP contribution in [0.4, 0.5) is 0 Å². The van der Waals surface area contributed by atoms with Crippen LogP contribution in [0.1, 0.15) is 0 Å².